The Morgan fingerprint density at radius 2 is 0.884 bits per heavy atom. The van der Waals surface area contributed by atoms with E-state index in [0.717, 1.165) is 32.1 Å². The van der Waals surface area contributed by atoms with Crippen molar-refractivity contribution in [1.29, 1.82) is 0 Å². The molecule has 2 unspecified atom stereocenters. The van der Waals surface area contributed by atoms with E-state index in [-0.39, 0.29) is 44.7 Å². The minimum Gasteiger partial charge on any atom is -0.334 e. The molecule has 3 aliphatic heterocycles. The first-order valence-corrected chi connectivity index (χ1v) is 32.4. The van der Waals surface area contributed by atoms with E-state index in [0.29, 0.717) is 0 Å². The first-order chi connectivity index (χ1) is 40.9. The summed E-state index contributed by atoms with van der Waals surface area (Å²) in [7, 11) is 0. The topological polar surface area (TPSA) is 9.72 Å². The number of hydrogen-bond acceptors (Lipinski definition) is 3. The Bertz CT molecular complexity index is 4250. The van der Waals surface area contributed by atoms with Gasteiger partial charge in [-0.1, -0.05) is 223 Å². The van der Waals surface area contributed by atoms with Crippen molar-refractivity contribution in [2.45, 2.75) is 180 Å². The molecule has 0 spiro atoms. The number of nitrogens with zero attached hydrogens (tertiary/aromatic N) is 3. The molecule has 1 saturated carbocycles. The van der Waals surface area contributed by atoms with E-state index < -0.39 is 0 Å². The molecule has 15 rings (SSSR count). The van der Waals surface area contributed by atoms with E-state index in [1.807, 2.05) is 0 Å². The zero-order valence-electron chi connectivity index (χ0n) is 53.7. The molecule has 432 valence electrons. The quantitative estimate of drug-likeness (QED) is 0.154. The average molecular weight is 1120 g/mol. The maximum atomic E-state index is 2.86. The maximum absolute atomic E-state index is 2.86. The zero-order valence-corrected chi connectivity index (χ0v) is 53.7. The first-order valence-electron chi connectivity index (χ1n) is 32.4. The van der Waals surface area contributed by atoms with Gasteiger partial charge in [-0.2, -0.15) is 0 Å². The van der Waals surface area contributed by atoms with Crippen molar-refractivity contribution in [2.24, 2.45) is 0 Å². The number of benzene rings is 9. The van der Waals surface area contributed by atoms with Gasteiger partial charge in [0.1, 0.15) is 0 Å². The molecule has 0 saturated heterocycles. The monoisotopic (exact) mass is 1120 g/mol. The number of rotatable bonds is 6. The molecule has 6 aliphatic rings. The molecule has 2 atom stereocenters. The Labute approximate surface area is 514 Å². The zero-order chi connectivity index (χ0) is 59.8. The number of anilines is 8. The number of fused-ring (bicyclic) bond motifs is 9. The van der Waals surface area contributed by atoms with E-state index in [9.17, 15) is 0 Å². The number of aryl methyl sites for hydroxylation is 1. The van der Waals surface area contributed by atoms with Gasteiger partial charge in [0, 0.05) is 50.8 Å². The third-order valence-electron chi connectivity index (χ3n) is 22.7. The Hall–Kier alpha value is -7.56. The summed E-state index contributed by atoms with van der Waals surface area (Å²) >= 11 is 0. The Morgan fingerprint density at radius 3 is 1.50 bits per heavy atom. The lowest BCUT2D eigenvalue weighted by Gasteiger charge is -2.51. The van der Waals surface area contributed by atoms with E-state index >= 15 is 0 Å². The lowest BCUT2D eigenvalue weighted by atomic mass is 9.33. The normalized spacial score (nSPS) is 21.4. The summed E-state index contributed by atoms with van der Waals surface area (Å²) in [5.74, 6) is 0. The van der Waals surface area contributed by atoms with Gasteiger partial charge in [-0.3, -0.25) is 0 Å². The summed E-state index contributed by atoms with van der Waals surface area (Å²) in [6.07, 6.45) is 8.07. The Balaban J connectivity index is 1.11. The summed E-state index contributed by atoms with van der Waals surface area (Å²) in [6, 6.07) is 71.9. The Kier molecular flexibility index (Phi) is 12.0. The largest absolute Gasteiger partial charge is 0.334 e. The van der Waals surface area contributed by atoms with E-state index in [1.165, 1.54) is 147 Å². The van der Waals surface area contributed by atoms with E-state index in [4.69, 9.17) is 0 Å². The van der Waals surface area contributed by atoms with Crippen LogP contribution in [0.5, 0.6) is 0 Å². The maximum Gasteiger partial charge on any atom is 0.252 e. The molecule has 0 radical (unpaired) electrons. The predicted octanol–water partition coefficient (Wildman–Crippen LogP) is 20.4. The van der Waals surface area contributed by atoms with Gasteiger partial charge in [0.25, 0.3) is 6.71 Å². The summed E-state index contributed by atoms with van der Waals surface area (Å²) in [4.78, 5) is 8.40. The lowest BCUT2D eigenvalue weighted by molar-refractivity contribution is 0.195. The summed E-state index contributed by atoms with van der Waals surface area (Å²) in [6.45, 7) is 34.6. The first kappa shape index (κ1) is 55.1. The molecule has 1 fully saturated rings. The molecule has 3 nitrogen and oxygen atoms in total. The van der Waals surface area contributed by atoms with E-state index in [2.05, 4.69) is 294 Å². The van der Waals surface area contributed by atoms with Crippen LogP contribution in [-0.2, 0) is 32.5 Å². The highest BCUT2D eigenvalue weighted by molar-refractivity contribution is 7.00. The van der Waals surface area contributed by atoms with Crippen LogP contribution in [0, 0.1) is 6.92 Å². The number of hydrogen-bond donors (Lipinski definition) is 0. The van der Waals surface area contributed by atoms with Crippen LogP contribution in [0.2, 0.25) is 0 Å². The van der Waals surface area contributed by atoms with Crippen LogP contribution in [0.15, 0.2) is 182 Å². The molecule has 0 aromatic heterocycles. The smallest absolute Gasteiger partial charge is 0.252 e. The highest BCUT2D eigenvalue weighted by Crippen LogP contribution is 2.63. The van der Waals surface area contributed by atoms with Gasteiger partial charge >= 0.3 is 0 Å². The molecule has 3 aliphatic carbocycles. The molecule has 86 heavy (non-hydrogen) atoms. The molecular formula is C82H86BN3. The van der Waals surface area contributed by atoms with Crippen molar-refractivity contribution in [1.82, 2.24) is 0 Å². The highest BCUT2D eigenvalue weighted by Gasteiger charge is 2.59. The standard InChI is InChI=1S/C82H86BN3/c1-52-42-61-64(80(11,12)51-79(61,9)10)49-71(52)85-70-36-33-57(54-28-20-16-21-29-54)44-66(70)83-67-48-62-63(78(7,8)41-40-77(62,5)6)50-72(67)84(68-37-34-58(76(2,3)4)45-60(68)55-30-22-17-23-31-55)73-46-59(47-74(85)75(73)83)86-69-35-32-56(53-26-18-15-19-27-53)43-65(69)81(13)38-24-25-39-82(81,86)14/h15-23,26-37,42-50H,24-25,38-41,51H2,1-14H3. The third kappa shape index (κ3) is 8.05. The Morgan fingerprint density at radius 1 is 0.384 bits per heavy atom. The second-order valence-electron chi connectivity index (χ2n) is 31.1. The van der Waals surface area contributed by atoms with Crippen LogP contribution in [0.1, 0.15) is 174 Å². The van der Waals surface area contributed by atoms with Crippen LogP contribution >= 0.6 is 0 Å². The van der Waals surface area contributed by atoms with Crippen molar-refractivity contribution in [3.8, 4) is 33.4 Å². The minimum absolute atomic E-state index is 0.00123. The van der Waals surface area contributed by atoms with Gasteiger partial charge < -0.3 is 14.7 Å². The summed E-state index contributed by atoms with van der Waals surface area (Å²) in [5.41, 5.74) is 31.6. The second-order valence-corrected chi connectivity index (χ2v) is 31.1. The van der Waals surface area contributed by atoms with Crippen LogP contribution in [0.4, 0.5) is 45.5 Å². The van der Waals surface area contributed by atoms with Gasteiger partial charge in [0.15, 0.2) is 0 Å². The predicted molar refractivity (Wildman–Crippen MR) is 369 cm³/mol. The summed E-state index contributed by atoms with van der Waals surface area (Å²) < 4.78 is 0. The fraction of sp³-hybridized carbons (Fsp3) is 0.341. The van der Waals surface area contributed by atoms with Gasteiger partial charge in [0.2, 0.25) is 0 Å². The molecule has 0 N–H and O–H groups in total. The minimum atomic E-state index is -0.208. The molecule has 0 amide bonds. The second kappa shape index (κ2) is 18.7. The molecule has 0 bridgehead atoms. The van der Waals surface area contributed by atoms with E-state index in [1.54, 1.807) is 0 Å². The van der Waals surface area contributed by atoms with Gasteiger partial charge in [-0.25, -0.2) is 0 Å². The average Bonchev–Trinajstić information content (AvgIpc) is 1.15. The highest BCUT2D eigenvalue weighted by atomic mass is 15.3. The van der Waals surface area contributed by atoms with Gasteiger partial charge in [-0.05, 0) is 211 Å². The fourth-order valence-electron chi connectivity index (χ4n) is 17.9. The molecule has 3 heterocycles. The van der Waals surface area contributed by atoms with Gasteiger partial charge in [0.05, 0.1) is 11.2 Å². The van der Waals surface area contributed by atoms with Crippen molar-refractivity contribution in [3.05, 3.63) is 221 Å². The summed E-state index contributed by atoms with van der Waals surface area (Å²) in [5, 5.41) is 0. The van der Waals surface area contributed by atoms with Crippen molar-refractivity contribution in [2.75, 3.05) is 14.7 Å². The SMILES string of the molecule is Cc1cc2c(cc1N1c3ccc(-c4ccccc4)cc3B3c4cc5c(cc4N(c4ccc(C(C)(C)C)cc4-c4ccccc4)c4cc(N6c7ccc(-c8ccccc8)cc7C7(C)CCCCC67C)cc1c43)C(C)(C)CCC5(C)C)C(C)(C)CC2(C)C. The molecular weight excluding hydrogens is 1040 g/mol. The molecule has 4 heteroatoms. The van der Waals surface area contributed by atoms with Crippen LogP contribution in [0.25, 0.3) is 33.4 Å². The molecule has 9 aromatic carbocycles. The van der Waals surface area contributed by atoms with Crippen molar-refractivity contribution >= 4 is 68.6 Å². The van der Waals surface area contributed by atoms with Crippen LogP contribution in [-0.4, -0.2) is 12.3 Å². The van der Waals surface area contributed by atoms with Crippen molar-refractivity contribution < 1.29 is 0 Å². The van der Waals surface area contributed by atoms with Gasteiger partial charge in [-0.15, -0.1) is 0 Å². The van der Waals surface area contributed by atoms with Crippen LogP contribution in [0.3, 0.4) is 0 Å². The lowest BCUT2D eigenvalue weighted by Crippen LogP contribution is -2.62. The fourth-order valence-corrected chi connectivity index (χ4v) is 17.9. The molecule has 9 aromatic rings. The van der Waals surface area contributed by atoms with Crippen molar-refractivity contribution in [3.63, 3.8) is 0 Å². The van der Waals surface area contributed by atoms with Crippen LogP contribution < -0.4 is 31.1 Å². The third-order valence-corrected chi connectivity index (χ3v) is 22.7.